The van der Waals surface area contributed by atoms with Crippen molar-refractivity contribution in [3.63, 3.8) is 0 Å². The second-order valence-corrected chi connectivity index (χ2v) is 6.63. The number of carbonyl (C=O) groups excluding carboxylic acids is 2. The molecule has 6 heteroatoms. The molecule has 3 aromatic rings. The lowest BCUT2D eigenvalue weighted by molar-refractivity contribution is 0.100. The van der Waals surface area contributed by atoms with Crippen LogP contribution in [-0.4, -0.2) is 11.6 Å². The number of ether oxygens (including phenoxy) is 2. The van der Waals surface area contributed by atoms with Crippen LogP contribution in [0.5, 0.6) is 23.0 Å². The van der Waals surface area contributed by atoms with Gasteiger partial charge in [-0.1, -0.05) is 12.1 Å². The fraction of sp³-hybridized carbons (Fsp3) is 0.0909. The second-order valence-electron chi connectivity index (χ2n) is 6.63. The molecule has 2 aliphatic rings. The second kappa shape index (κ2) is 5.85. The van der Waals surface area contributed by atoms with Crippen molar-refractivity contribution in [1.82, 2.24) is 0 Å². The first kappa shape index (κ1) is 16.4. The maximum absolute atomic E-state index is 11.9. The third-order valence-corrected chi connectivity index (χ3v) is 4.70. The quantitative estimate of drug-likeness (QED) is 0.436. The van der Waals surface area contributed by atoms with Gasteiger partial charge in [-0.2, -0.15) is 0 Å². The third-order valence-electron chi connectivity index (χ3n) is 4.70. The molecular weight excluding hydrogens is 356 g/mol. The lowest BCUT2D eigenvalue weighted by atomic mass is 10.1. The van der Waals surface area contributed by atoms with Crippen molar-refractivity contribution >= 4 is 22.9 Å². The van der Waals surface area contributed by atoms with Crippen LogP contribution in [0.2, 0.25) is 0 Å². The molecule has 0 saturated heterocycles. The largest absolute Gasteiger partial charge is 0.453 e. The van der Waals surface area contributed by atoms with E-state index in [1.54, 1.807) is 48.5 Å². The van der Waals surface area contributed by atoms with E-state index in [1.165, 1.54) is 13.8 Å². The zero-order chi connectivity index (χ0) is 19.4. The van der Waals surface area contributed by atoms with E-state index < -0.39 is 0 Å². The number of fused-ring (bicyclic) bond motifs is 4. The molecule has 2 heterocycles. The molecule has 136 valence electrons. The van der Waals surface area contributed by atoms with Gasteiger partial charge in [0, 0.05) is 23.3 Å². The van der Waals surface area contributed by atoms with Crippen molar-refractivity contribution in [2.45, 2.75) is 13.8 Å². The number of nitrogens with zero attached hydrogens (tertiary/aromatic N) is 2. The number of benzene rings is 3. The molecular formula is C22H14N2O4. The van der Waals surface area contributed by atoms with Crippen LogP contribution in [0.25, 0.3) is 0 Å². The summed E-state index contributed by atoms with van der Waals surface area (Å²) < 4.78 is 11.9. The molecule has 0 aliphatic carbocycles. The van der Waals surface area contributed by atoms with Gasteiger partial charge >= 0.3 is 0 Å². The number of para-hydroxylation sites is 2. The molecule has 0 N–H and O–H groups in total. The Balaban J connectivity index is 1.73. The monoisotopic (exact) mass is 370 g/mol. The highest BCUT2D eigenvalue weighted by molar-refractivity contribution is 6.01. The Hall–Kier alpha value is -3.80. The van der Waals surface area contributed by atoms with Gasteiger partial charge < -0.3 is 9.47 Å². The van der Waals surface area contributed by atoms with Crippen molar-refractivity contribution in [2.24, 2.45) is 9.98 Å². The van der Waals surface area contributed by atoms with Gasteiger partial charge in [0.05, 0.1) is 0 Å². The maximum atomic E-state index is 11.9. The number of Topliss-reactive ketones (excluding diaryl/α,β-unsaturated/α-hetero) is 2. The highest BCUT2D eigenvalue weighted by atomic mass is 16.5. The summed E-state index contributed by atoms with van der Waals surface area (Å²) in [4.78, 5) is 33.0. The minimum absolute atomic E-state index is 0.0810. The molecule has 28 heavy (non-hydrogen) atoms. The van der Waals surface area contributed by atoms with Crippen molar-refractivity contribution in [3.05, 3.63) is 70.4 Å². The van der Waals surface area contributed by atoms with Gasteiger partial charge in [0.25, 0.3) is 0 Å². The summed E-state index contributed by atoms with van der Waals surface area (Å²) >= 11 is 0. The standard InChI is InChI=1S/C22H14N2O4/c1-11(25)13-5-3-7-17-21(13)23-15-9-20-16(10-19(15)27-17)24-22-14(12(2)26)6-4-8-18(22)28-20/h3-10H,1-2H3. The van der Waals surface area contributed by atoms with Gasteiger partial charge in [0.2, 0.25) is 0 Å². The van der Waals surface area contributed by atoms with Gasteiger partial charge in [-0.05, 0) is 38.1 Å². The topological polar surface area (TPSA) is 77.3 Å². The smallest absolute Gasteiger partial charge is 0.162 e. The van der Waals surface area contributed by atoms with Gasteiger partial charge in [-0.3, -0.25) is 9.59 Å². The third kappa shape index (κ3) is 2.42. The minimum Gasteiger partial charge on any atom is -0.453 e. The summed E-state index contributed by atoms with van der Waals surface area (Å²) in [7, 11) is 0. The van der Waals surface area contributed by atoms with Crippen molar-refractivity contribution < 1.29 is 19.1 Å². The summed E-state index contributed by atoms with van der Waals surface area (Å²) in [6, 6.07) is 14.0. The van der Waals surface area contributed by atoms with Gasteiger partial charge in [-0.15, -0.1) is 0 Å². The first-order valence-corrected chi connectivity index (χ1v) is 8.76. The van der Waals surface area contributed by atoms with E-state index in [1.807, 2.05) is 0 Å². The van der Waals surface area contributed by atoms with E-state index in [2.05, 4.69) is 9.98 Å². The molecule has 0 unspecified atom stereocenters. The van der Waals surface area contributed by atoms with Crippen LogP contribution in [0.3, 0.4) is 0 Å². The average molecular weight is 370 g/mol. The van der Waals surface area contributed by atoms with Gasteiger partial charge in [0.15, 0.2) is 34.6 Å². The van der Waals surface area contributed by atoms with E-state index in [9.17, 15) is 9.59 Å². The van der Waals surface area contributed by atoms with E-state index >= 15 is 0 Å². The predicted octanol–water partition coefficient (Wildman–Crippen LogP) is 4.21. The van der Waals surface area contributed by atoms with Crippen LogP contribution < -0.4 is 20.2 Å². The lowest BCUT2D eigenvalue weighted by Gasteiger charge is -2.19. The summed E-state index contributed by atoms with van der Waals surface area (Å²) in [5.41, 5.74) is 2.02. The Labute approximate surface area is 159 Å². The van der Waals surface area contributed by atoms with Crippen LogP contribution in [-0.2, 0) is 0 Å². The molecule has 5 rings (SSSR count). The highest BCUT2D eigenvalue weighted by Gasteiger charge is 2.22. The summed E-state index contributed by atoms with van der Waals surface area (Å²) in [6.07, 6.45) is 0. The van der Waals surface area contributed by atoms with E-state index in [-0.39, 0.29) is 11.6 Å². The van der Waals surface area contributed by atoms with Crippen molar-refractivity contribution in [2.75, 3.05) is 0 Å². The number of rotatable bonds is 2. The van der Waals surface area contributed by atoms with Crippen molar-refractivity contribution in [3.8, 4) is 23.0 Å². The van der Waals surface area contributed by atoms with Crippen LogP contribution in [0.1, 0.15) is 34.6 Å². The summed E-state index contributed by atoms with van der Waals surface area (Å²) in [5.74, 6) is 1.90. The normalized spacial score (nSPS) is 12.6. The van der Waals surface area contributed by atoms with Gasteiger partial charge in [-0.25, -0.2) is 9.98 Å². The van der Waals surface area contributed by atoms with E-state index in [0.717, 1.165) is 0 Å². The SMILES string of the molecule is CC(=O)c1cccc2c1N=c1cc3c(cc1O2)=Nc1c(cccc1C(C)=O)O3. The molecule has 0 fully saturated rings. The summed E-state index contributed by atoms with van der Waals surface area (Å²) in [5, 5.41) is 1.11. The predicted molar refractivity (Wildman–Crippen MR) is 101 cm³/mol. The molecule has 0 radical (unpaired) electrons. The van der Waals surface area contributed by atoms with Crippen LogP contribution in [0.4, 0.5) is 11.4 Å². The van der Waals surface area contributed by atoms with Crippen molar-refractivity contribution in [1.29, 1.82) is 0 Å². The zero-order valence-corrected chi connectivity index (χ0v) is 15.1. The van der Waals surface area contributed by atoms with Crippen LogP contribution in [0.15, 0.2) is 58.5 Å². The number of ketones is 2. The molecule has 6 nitrogen and oxygen atoms in total. The molecule has 0 saturated carbocycles. The fourth-order valence-corrected chi connectivity index (χ4v) is 3.36. The summed E-state index contributed by atoms with van der Waals surface area (Å²) in [6.45, 7) is 3.00. The number of hydrogen-bond donors (Lipinski definition) is 0. The number of hydrogen-bond acceptors (Lipinski definition) is 6. The molecule has 0 bridgehead atoms. The van der Waals surface area contributed by atoms with Crippen LogP contribution >= 0.6 is 0 Å². The minimum atomic E-state index is -0.0810. The highest BCUT2D eigenvalue weighted by Crippen LogP contribution is 2.39. The van der Waals surface area contributed by atoms with E-state index in [4.69, 9.17) is 9.47 Å². The molecule has 2 aliphatic heterocycles. The molecule has 0 amide bonds. The Morgan fingerprint density at radius 2 is 1.11 bits per heavy atom. The van der Waals surface area contributed by atoms with E-state index in [0.29, 0.717) is 56.2 Å². The van der Waals surface area contributed by atoms with Gasteiger partial charge in [0.1, 0.15) is 22.1 Å². The molecule has 0 aromatic heterocycles. The Morgan fingerprint density at radius 3 is 1.50 bits per heavy atom. The molecule has 0 spiro atoms. The molecule has 3 aromatic carbocycles. The lowest BCUT2D eigenvalue weighted by Crippen LogP contribution is -2.19. The van der Waals surface area contributed by atoms with Crippen LogP contribution in [0, 0.1) is 0 Å². The number of carbonyl (C=O) groups is 2. The Bertz CT molecular complexity index is 1220. The first-order valence-electron chi connectivity index (χ1n) is 8.76. The molecule has 0 atom stereocenters. The fourth-order valence-electron chi connectivity index (χ4n) is 3.36. The maximum Gasteiger partial charge on any atom is 0.162 e. The average Bonchev–Trinajstić information content (AvgIpc) is 2.67. The Kier molecular flexibility index (Phi) is 3.42. The first-order chi connectivity index (χ1) is 13.5. The Morgan fingerprint density at radius 1 is 0.679 bits per heavy atom. The zero-order valence-electron chi connectivity index (χ0n) is 15.1.